The monoisotopic (exact) mass is 230 g/mol. The summed E-state index contributed by atoms with van der Waals surface area (Å²) in [7, 11) is 0. The van der Waals surface area contributed by atoms with Gasteiger partial charge in [-0.25, -0.2) is 0 Å². The zero-order valence-electron chi connectivity index (χ0n) is 10.0. The Morgan fingerprint density at radius 3 is 2.65 bits per heavy atom. The summed E-state index contributed by atoms with van der Waals surface area (Å²) in [5.41, 5.74) is 7.75. The summed E-state index contributed by atoms with van der Waals surface area (Å²) in [6, 6.07) is 12.3. The number of nitrogen functional groups attached to an aromatic ring is 1. The molecule has 2 rings (SSSR count). The predicted octanol–water partition coefficient (Wildman–Crippen LogP) is 2.58. The summed E-state index contributed by atoms with van der Waals surface area (Å²) in [4.78, 5) is 0. The number of hydrogen-bond acceptors (Lipinski definition) is 3. The average Bonchev–Trinajstić information content (AvgIpc) is 2.83. The lowest BCUT2D eigenvalue weighted by atomic mass is 10.1. The molecule has 2 aromatic rings. The first-order valence-corrected chi connectivity index (χ1v) is 5.84. The molecular weight excluding hydrogens is 212 g/mol. The molecule has 0 aliphatic heterocycles. The molecule has 0 saturated heterocycles. The first-order chi connectivity index (χ1) is 8.24. The number of anilines is 1. The van der Waals surface area contributed by atoms with E-state index in [1.807, 2.05) is 24.3 Å². The zero-order valence-corrected chi connectivity index (χ0v) is 10.0. The molecule has 0 spiro atoms. The van der Waals surface area contributed by atoms with Gasteiger partial charge in [0.15, 0.2) is 0 Å². The molecule has 0 aliphatic rings. The third kappa shape index (κ3) is 3.64. The SMILES string of the molecule is CC(Cc1ccc(N)cc1)NCc1ccco1. The lowest BCUT2D eigenvalue weighted by Gasteiger charge is -2.12. The van der Waals surface area contributed by atoms with Gasteiger partial charge in [0.25, 0.3) is 0 Å². The number of nitrogens with two attached hydrogens (primary N) is 1. The van der Waals surface area contributed by atoms with Crippen LogP contribution in [0.15, 0.2) is 47.1 Å². The second kappa shape index (κ2) is 5.55. The summed E-state index contributed by atoms with van der Waals surface area (Å²) in [6.45, 7) is 2.93. The van der Waals surface area contributed by atoms with Crippen molar-refractivity contribution in [2.24, 2.45) is 0 Å². The third-order valence-electron chi connectivity index (χ3n) is 2.73. The van der Waals surface area contributed by atoms with E-state index >= 15 is 0 Å². The van der Waals surface area contributed by atoms with E-state index in [0.29, 0.717) is 6.04 Å². The van der Waals surface area contributed by atoms with Crippen LogP contribution in [0.25, 0.3) is 0 Å². The summed E-state index contributed by atoms with van der Waals surface area (Å²) < 4.78 is 5.27. The number of nitrogens with one attached hydrogen (secondary N) is 1. The average molecular weight is 230 g/mol. The minimum Gasteiger partial charge on any atom is -0.468 e. The van der Waals surface area contributed by atoms with Crippen LogP contribution in [0.4, 0.5) is 5.69 Å². The Morgan fingerprint density at radius 2 is 2.00 bits per heavy atom. The van der Waals surface area contributed by atoms with Crippen molar-refractivity contribution in [1.29, 1.82) is 0 Å². The van der Waals surface area contributed by atoms with Crippen LogP contribution in [0, 0.1) is 0 Å². The molecule has 1 aromatic heterocycles. The molecule has 0 amide bonds. The standard InChI is InChI=1S/C14H18N2O/c1-11(16-10-14-3-2-8-17-14)9-12-4-6-13(15)7-5-12/h2-8,11,16H,9-10,15H2,1H3. The van der Waals surface area contributed by atoms with E-state index in [1.54, 1.807) is 6.26 Å². The topological polar surface area (TPSA) is 51.2 Å². The predicted molar refractivity (Wildman–Crippen MR) is 69.6 cm³/mol. The minimum atomic E-state index is 0.406. The van der Waals surface area contributed by atoms with Crippen molar-refractivity contribution < 1.29 is 4.42 Å². The maximum atomic E-state index is 5.65. The molecule has 3 nitrogen and oxygen atoms in total. The van der Waals surface area contributed by atoms with Gasteiger partial charge >= 0.3 is 0 Å². The highest BCUT2D eigenvalue weighted by molar-refractivity contribution is 5.39. The molecule has 1 unspecified atom stereocenters. The van der Waals surface area contributed by atoms with Crippen molar-refractivity contribution in [1.82, 2.24) is 5.32 Å². The van der Waals surface area contributed by atoms with Crippen molar-refractivity contribution >= 4 is 5.69 Å². The van der Waals surface area contributed by atoms with Crippen LogP contribution in [0.1, 0.15) is 18.2 Å². The fourth-order valence-electron chi connectivity index (χ4n) is 1.77. The van der Waals surface area contributed by atoms with Crippen molar-refractivity contribution in [3.63, 3.8) is 0 Å². The Bertz CT molecular complexity index is 434. The fourth-order valence-corrected chi connectivity index (χ4v) is 1.77. The van der Waals surface area contributed by atoms with Crippen molar-refractivity contribution in [2.45, 2.75) is 25.9 Å². The molecule has 3 heteroatoms. The van der Waals surface area contributed by atoms with Gasteiger partial charge in [-0.05, 0) is 43.2 Å². The summed E-state index contributed by atoms with van der Waals surface area (Å²) in [6.07, 6.45) is 2.68. The Morgan fingerprint density at radius 1 is 1.24 bits per heavy atom. The number of benzene rings is 1. The lowest BCUT2D eigenvalue weighted by Crippen LogP contribution is -2.27. The highest BCUT2D eigenvalue weighted by atomic mass is 16.3. The lowest BCUT2D eigenvalue weighted by molar-refractivity contribution is 0.453. The van der Waals surface area contributed by atoms with Crippen LogP contribution in [-0.2, 0) is 13.0 Å². The van der Waals surface area contributed by atoms with Crippen LogP contribution in [0.5, 0.6) is 0 Å². The molecule has 0 fully saturated rings. The van der Waals surface area contributed by atoms with Crippen LogP contribution in [0.3, 0.4) is 0 Å². The van der Waals surface area contributed by atoms with E-state index in [-0.39, 0.29) is 0 Å². The molecule has 1 aromatic carbocycles. The van der Waals surface area contributed by atoms with E-state index < -0.39 is 0 Å². The fraction of sp³-hybridized carbons (Fsp3) is 0.286. The van der Waals surface area contributed by atoms with Gasteiger partial charge in [0, 0.05) is 11.7 Å². The van der Waals surface area contributed by atoms with Crippen LogP contribution in [0.2, 0.25) is 0 Å². The molecule has 0 saturated carbocycles. The van der Waals surface area contributed by atoms with E-state index in [9.17, 15) is 0 Å². The molecule has 17 heavy (non-hydrogen) atoms. The van der Waals surface area contributed by atoms with Gasteiger partial charge in [0.2, 0.25) is 0 Å². The van der Waals surface area contributed by atoms with E-state index in [0.717, 1.165) is 24.4 Å². The molecule has 90 valence electrons. The highest BCUT2D eigenvalue weighted by Gasteiger charge is 2.04. The first-order valence-electron chi connectivity index (χ1n) is 5.84. The number of rotatable bonds is 5. The molecule has 0 bridgehead atoms. The number of furan rings is 1. The van der Waals surface area contributed by atoms with Crippen LogP contribution >= 0.6 is 0 Å². The quantitative estimate of drug-likeness (QED) is 0.776. The Labute approximate surface area is 102 Å². The molecule has 1 heterocycles. The summed E-state index contributed by atoms with van der Waals surface area (Å²) >= 11 is 0. The molecule has 0 radical (unpaired) electrons. The Hall–Kier alpha value is -1.74. The minimum absolute atomic E-state index is 0.406. The normalized spacial score (nSPS) is 12.5. The largest absolute Gasteiger partial charge is 0.468 e. The molecule has 1 atom stereocenters. The Kier molecular flexibility index (Phi) is 3.83. The molecule has 3 N–H and O–H groups in total. The van der Waals surface area contributed by atoms with E-state index in [4.69, 9.17) is 10.2 Å². The highest BCUT2D eigenvalue weighted by Crippen LogP contribution is 2.08. The van der Waals surface area contributed by atoms with E-state index in [1.165, 1.54) is 5.56 Å². The number of hydrogen-bond donors (Lipinski definition) is 2. The van der Waals surface area contributed by atoms with Gasteiger partial charge in [-0.2, -0.15) is 0 Å². The second-order valence-electron chi connectivity index (χ2n) is 4.31. The summed E-state index contributed by atoms with van der Waals surface area (Å²) in [5.74, 6) is 0.967. The van der Waals surface area contributed by atoms with Crippen molar-refractivity contribution in [2.75, 3.05) is 5.73 Å². The van der Waals surface area contributed by atoms with Gasteiger partial charge in [0.05, 0.1) is 12.8 Å². The maximum absolute atomic E-state index is 5.65. The van der Waals surface area contributed by atoms with Crippen LogP contribution < -0.4 is 11.1 Å². The van der Waals surface area contributed by atoms with Gasteiger partial charge in [0.1, 0.15) is 5.76 Å². The van der Waals surface area contributed by atoms with Gasteiger partial charge in [-0.15, -0.1) is 0 Å². The second-order valence-corrected chi connectivity index (χ2v) is 4.31. The molecular formula is C14H18N2O. The Balaban J connectivity index is 1.80. The summed E-state index contributed by atoms with van der Waals surface area (Å²) in [5, 5.41) is 3.42. The van der Waals surface area contributed by atoms with Crippen LogP contribution in [-0.4, -0.2) is 6.04 Å². The van der Waals surface area contributed by atoms with E-state index in [2.05, 4.69) is 24.4 Å². The smallest absolute Gasteiger partial charge is 0.117 e. The zero-order chi connectivity index (χ0) is 12.1. The van der Waals surface area contributed by atoms with Gasteiger partial charge in [-0.1, -0.05) is 12.1 Å². The van der Waals surface area contributed by atoms with Crippen molar-refractivity contribution in [3.8, 4) is 0 Å². The van der Waals surface area contributed by atoms with Crippen molar-refractivity contribution in [3.05, 3.63) is 54.0 Å². The van der Waals surface area contributed by atoms with Gasteiger partial charge in [-0.3, -0.25) is 0 Å². The molecule has 0 aliphatic carbocycles. The first kappa shape index (κ1) is 11.7. The maximum Gasteiger partial charge on any atom is 0.117 e. The third-order valence-corrected chi connectivity index (χ3v) is 2.73. The van der Waals surface area contributed by atoms with Gasteiger partial charge < -0.3 is 15.5 Å².